The fourth-order valence-corrected chi connectivity index (χ4v) is 3.99. The van der Waals surface area contributed by atoms with E-state index < -0.39 is 0 Å². The van der Waals surface area contributed by atoms with E-state index in [1.54, 1.807) is 6.20 Å². The number of aryl methyl sites for hydroxylation is 3. The number of hydrogen-bond donors (Lipinski definition) is 0. The first kappa shape index (κ1) is 22.2. The second kappa shape index (κ2) is 9.63. The third-order valence-electron chi connectivity index (χ3n) is 5.50. The monoisotopic (exact) mass is 433 g/mol. The molecule has 4 aromatic rings. The first-order chi connectivity index (χ1) is 15.5. The average molecular weight is 434 g/mol. The number of ether oxygens (including phenoxy) is 2. The highest BCUT2D eigenvalue weighted by molar-refractivity contribution is 5.54. The molecule has 7 heteroatoms. The molecule has 0 aliphatic rings. The lowest BCUT2D eigenvalue weighted by Crippen LogP contribution is -2.08. The topological polar surface area (TPSA) is 66.5 Å². The number of benzene rings is 1. The standard InChI is InChI=1S/C25H31N5O2/c1-6-23-22(24-27-17(4)13-18(5)30(24)28-23)14-19-9-11-21(12-10-19)29-16-20(15-26-29)25(31-7-2)32-8-3/h9-13,15-16,25H,6-8,14H2,1-5H3. The summed E-state index contributed by atoms with van der Waals surface area (Å²) in [4.78, 5) is 4.78. The van der Waals surface area contributed by atoms with Crippen LogP contribution in [0.2, 0.25) is 0 Å². The van der Waals surface area contributed by atoms with Gasteiger partial charge in [0.2, 0.25) is 0 Å². The van der Waals surface area contributed by atoms with Gasteiger partial charge in [-0.2, -0.15) is 10.2 Å². The summed E-state index contributed by atoms with van der Waals surface area (Å²) in [6.07, 6.45) is 5.05. The van der Waals surface area contributed by atoms with Crippen LogP contribution in [-0.4, -0.2) is 37.6 Å². The smallest absolute Gasteiger partial charge is 0.186 e. The number of nitrogens with zero attached hydrogens (tertiary/aromatic N) is 5. The van der Waals surface area contributed by atoms with Crippen LogP contribution in [0, 0.1) is 13.8 Å². The highest BCUT2D eigenvalue weighted by atomic mass is 16.7. The summed E-state index contributed by atoms with van der Waals surface area (Å²) in [6.45, 7) is 11.3. The van der Waals surface area contributed by atoms with Gasteiger partial charge in [0.25, 0.3) is 0 Å². The van der Waals surface area contributed by atoms with Gasteiger partial charge < -0.3 is 9.47 Å². The minimum absolute atomic E-state index is 0.388. The maximum absolute atomic E-state index is 5.68. The lowest BCUT2D eigenvalue weighted by Gasteiger charge is -2.14. The van der Waals surface area contributed by atoms with Crippen LogP contribution in [0.4, 0.5) is 0 Å². The van der Waals surface area contributed by atoms with E-state index >= 15 is 0 Å². The zero-order valence-electron chi connectivity index (χ0n) is 19.5. The van der Waals surface area contributed by atoms with E-state index in [1.807, 2.05) is 36.2 Å². The van der Waals surface area contributed by atoms with Crippen LogP contribution in [-0.2, 0) is 22.3 Å². The second-order valence-corrected chi connectivity index (χ2v) is 7.86. The van der Waals surface area contributed by atoms with Gasteiger partial charge in [0.15, 0.2) is 11.9 Å². The first-order valence-corrected chi connectivity index (χ1v) is 11.3. The van der Waals surface area contributed by atoms with Crippen molar-refractivity contribution in [2.75, 3.05) is 13.2 Å². The summed E-state index contributed by atoms with van der Waals surface area (Å²) in [6, 6.07) is 10.5. The van der Waals surface area contributed by atoms with Crippen molar-refractivity contribution in [3.05, 3.63) is 76.5 Å². The molecular formula is C25H31N5O2. The van der Waals surface area contributed by atoms with Crippen molar-refractivity contribution in [2.24, 2.45) is 0 Å². The third-order valence-corrected chi connectivity index (χ3v) is 5.50. The summed E-state index contributed by atoms with van der Waals surface area (Å²) in [5.41, 5.74) is 8.50. The minimum atomic E-state index is -0.388. The molecule has 3 heterocycles. The Kier molecular flexibility index (Phi) is 6.67. The van der Waals surface area contributed by atoms with Crippen LogP contribution in [0.5, 0.6) is 0 Å². The van der Waals surface area contributed by atoms with Gasteiger partial charge in [-0.1, -0.05) is 19.1 Å². The predicted octanol–water partition coefficient (Wildman–Crippen LogP) is 4.76. The molecule has 32 heavy (non-hydrogen) atoms. The molecule has 7 nitrogen and oxygen atoms in total. The van der Waals surface area contributed by atoms with E-state index in [-0.39, 0.29) is 6.29 Å². The zero-order chi connectivity index (χ0) is 22.7. The van der Waals surface area contributed by atoms with Gasteiger partial charge in [0.05, 0.1) is 17.6 Å². The number of rotatable bonds is 9. The van der Waals surface area contributed by atoms with Crippen molar-refractivity contribution in [1.82, 2.24) is 24.4 Å². The normalized spacial score (nSPS) is 11.7. The average Bonchev–Trinajstić information content (AvgIpc) is 3.40. The molecule has 4 rings (SSSR count). The molecule has 168 valence electrons. The van der Waals surface area contributed by atoms with Crippen LogP contribution in [0.25, 0.3) is 11.3 Å². The molecule has 0 fully saturated rings. The van der Waals surface area contributed by atoms with Crippen LogP contribution in [0.3, 0.4) is 0 Å². The van der Waals surface area contributed by atoms with E-state index in [4.69, 9.17) is 19.6 Å². The Morgan fingerprint density at radius 2 is 1.72 bits per heavy atom. The van der Waals surface area contributed by atoms with Crippen LogP contribution in [0.1, 0.15) is 60.8 Å². The van der Waals surface area contributed by atoms with Crippen LogP contribution < -0.4 is 0 Å². The Bertz CT molecular complexity index is 1190. The quantitative estimate of drug-likeness (QED) is 0.356. The molecule has 0 radical (unpaired) electrons. The van der Waals surface area contributed by atoms with Gasteiger partial charge in [-0.05, 0) is 57.9 Å². The van der Waals surface area contributed by atoms with E-state index in [2.05, 4.69) is 49.3 Å². The number of aromatic nitrogens is 5. The van der Waals surface area contributed by atoms with Crippen molar-refractivity contribution >= 4 is 5.65 Å². The van der Waals surface area contributed by atoms with Gasteiger partial charge in [0, 0.05) is 48.3 Å². The van der Waals surface area contributed by atoms with E-state index in [0.717, 1.165) is 46.8 Å². The lowest BCUT2D eigenvalue weighted by atomic mass is 10.0. The first-order valence-electron chi connectivity index (χ1n) is 11.3. The molecule has 1 aromatic carbocycles. The highest BCUT2D eigenvalue weighted by Gasteiger charge is 2.16. The number of fused-ring (bicyclic) bond motifs is 1. The Balaban J connectivity index is 1.58. The van der Waals surface area contributed by atoms with Crippen molar-refractivity contribution in [2.45, 2.75) is 53.8 Å². The van der Waals surface area contributed by atoms with Gasteiger partial charge in [-0.15, -0.1) is 0 Å². The van der Waals surface area contributed by atoms with Crippen molar-refractivity contribution in [3.63, 3.8) is 0 Å². The molecule has 0 unspecified atom stereocenters. The van der Waals surface area contributed by atoms with Crippen molar-refractivity contribution in [3.8, 4) is 5.69 Å². The molecular weight excluding hydrogens is 402 g/mol. The van der Waals surface area contributed by atoms with Crippen molar-refractivity contribution in [1.29, 1.82) is 0 Å². The highest BCUT2D eigenvalue weighted by Crippen LogP contribution is 2.23. The molecule has 0 saturated heterocycles. The summed E-state index contributed by atoms with van der Waals surface area (Å²) >= 11 is 0. The second-order valence-electron chi connectivity index (χ2n) is 7.86. The van der Waals surface area contributed by atoms with Gasteiger partial charge >= 0.3 is 0 Å². The Labute approximate surface area is 189 Å². The molecule has 0 bridgehead atoms. The maximum atomic E-state index is 5.68. The van der Waals surface area contributed by atoms with E-state index in [9.17, 15) is 0 Å². The van der Waals surface area contributed by atoms with Gasteiger partial charge in [-0.25, -0.2) is 14.2 Å². The van der Waals surface area contributed by atoms with Crippen LogP contribution >= 0.6 is 0 Å². The van der Waals surface area contributed by atoms with E-state index in [1.165, 1.54) is 11.1 Å². The Morgan fingerprint density at radius 3 is 2.38 bits per heavy atom. The maximum Gasteiger partial charge on any atom is 0.186 e. The zero-order valence-corrected chi connectivity index (χ0v) is 19.5. The van der Waals surface area contributed by atoms with Crippen molar-refractivity contribution < 1.29 is 9.47 Å². The van der Waals surface area contributed by atoms with Crippen LogP contribution in [0.15, 0.2) is 42.7 Å². The fraction of sp³-hybridized carbons (Fsp3) is 0.400. The summed E-state index contributed by atoms with van der Waals surface area (Å²) in [7, 11) is 0. The molecule has 0 saturated carbocycles. The summed E-state index contributed by atoms with van der Waals surface area (Å²) < 4.78 is 15.2. The Hall–Kier alpha value is -3.03. The molecule has 3 aromatic heterocycles. The Morgan fingerprint density at radius 1 is 1.00 bits per heavy atom. The molecule has 0 aliphatic heterocycles. The fourth-order valence-electron chi connectivity index (χ4n) is 3.99. The molecule has 0 aliphatic carbocycles. The third kappa shape index (κ3) is 4.45. The van der Waals surface area contributed by atoms with Gasteiger partial charge in [-0.3, -0.25) is 0 Å². The molecule has 0 spiro atoms. The van der Waals surface area contributed by atoms with Gasteiger partial charge in [0.1, 0.15) is 0 Å². The summed E-state index contributed by atoms with van der Waals surface area (Å²) in [5, 5.41) is 9.30. The summed E-state index contributed by atoms with van der Waals surface area (Å²) in [5.74, 6) is 0. The molecule has 0 N–H and O–H groups in total. The van der Waals surface area contributed by atoms with E-state index in [0.29, 0.717) is 13.2 Å². The largest absolute Gasteiger partial charge is 0.349 e. The molecule has 0 amide bonds. The lowest BCUT2D eigenvalue weighted by molar-refractivity contribution is -0.140. The SMILES string of the molecule is CCOC(OCC)c1cnn(-c2ccc(Cc3c(CC)nn4c(C)cc(C)nc34)cc2)c1. The number of hydrogen-bond acceptors (Lipinski definition) is 5. The molecule has 0 atom stereocenters. The minimum Gasteiger partial charge on any atom is -0.349 e. The predicted molar refractivity (Wildman–Crippen MR) is 124 cm³/mol.